The van der Waals surface area contributed by atoms with Gasteiger partial charge in [0.1, 0.15) is 5.82 Å². The minimum absolute atomic E-state index is 0.00140. The molecule has 0 saturated carbocycles. The van der Waals surface area contributed by atoms with Crippen LogP contribution in [0.1, 0.15) is 21.5 Å². The predicted molar refractivity (Wildman–Crippen MR) is 79.6 cm³/mol. The third-order valence-corrected chi connectivity index (χ3v) is 3.25. The van der Waals surface area contributed by atoms with Gasteiger partial charge in [-0.2, -0.15) is 0 Å². The standard InChI is InChI=1S/C17H18FNO2/c1-12-7-8-16(18)15(9-12)17(21)19-14(11-20)10-13-5-3-2-4-6-13/h2-9,14,20H,10-11H2,1H3,(H,19,21)/t14-/m1/s1. The fourth-order valence-corrected chi connectivity index (χ4v) is 2.14. The maximum Gasteiger partial charge on any atom is 0.254 e. The summed E-state index contributed by atoms with van der Waals surface area (Å²) >= 11 is 0. The fraction of sp³-hybridized carbons (Fsp3) is 0.235. The van der Waals surface area contributed by atoms with Gasteiger partial charge in [0.2, 0.25) is 0 Å². The van der Waals surface area contributed by atoms with E-state index in [-0.39, 0.29) is 12.2 Å². The van der Waals surface area contributed by atoms with Crippen LogP contribution in [0.4, 0.5) is 4.39 Å². The van der Waals surface area contributed by atoms with Crippen molar-refractivity contribution in [3.05, 3.63) is 71.0 Å². The molecule has 4 heteroatoms. The molecular formula is C17H18FNO2. The average Bonchev–Trinajstić information content (AvgIpc) is 2.50. The van der Waals surface area contributed by atoms with Crippen molar-refractivity contribution in [2.24, 2.45) is 0 Å². The first-order chi connectivity index (χ1) is 10.1. The number of nitrogens with one attached hydrogen (secondary N) is 1. The molecule has 0 unspecified atom stereocenters. The summed E-state index contributed by atoms with van der Waals surface area (Å²) in [6.07, 6.45) is 0.497. The molecule has 2 rings (SSSR count). The highest BCUT2D eigenvalue weighted by Gasteiger charge is 2.16. The number of hydrogen-bond acceptors (Lipinski definition) is 2. The number of amides is 1. The Kier molecular flexibility index (Phi) is 5.06. The maximum atomic E-state index is 13.7. The first-order valence-corrected chi connectivity index (χ1v) is 6.82. The molecule has 2 N–H and O–H groups in total. The van der Waals surface area contributed by atoms with Crippen molar-refractivity contribution in [1.29, 1.82) is 0 Å². The van der Waals surface area contributed by atoms with Gasteiger partial charge in [-0.15, -0.1) is 0 Å². The lowest BCUT2D eigenvalue weighted by atomic mass is 10.1. The van der Waals surface area contributed by atoms with E-state index in [1.165, 1.54) is 12.1 Å². The number of aliphatic hydroxyl groups excluding tert-OH is 1. The second kappa shape index (κ2) is 6.99. The van der Waals surface area contributed by atoms with E-state index < -0.39 is 17.8 Å². The normalized spacial score (nSPS) is 12.0. The molecule has 0 aliphatic rings. The summed E-state index contributed by atoms with van der Waals surface area (Å²) in [5, 5.41) is 12.1. The number of carbonyl (C=O) groups excluding carboxylic acids is 1. The van der Waals surface area contributed by atoms with Crippen molar-refractivity contribution in [2.75, 3.05) is 6.61 Å². The van der Waals surface area contributed by atoms with Crippen LogP contribution >= 0.6 is 0 Å². The molecule has 1 amide bonds. The zero-order valence-electron chi connectivity index (χ0n) is 11.8. The molecule has 21 heavy (non-hydrogen) atoms. The zero-order chi connectivity index (χ0) is 15.2. The van der Waals surface area contributed by atoms with Crippen LogP contribution in [0.15, 0.2) is 48.5 Å². The number of aryl methyl sites for hydroxylation is 1. The van der Waals surface area contributed by atoms with Crippen molar-refractivity contribution < 1.29 is 14.3 Å². The average molecular weight is 287 g/mol. The van der Waals surface area contributed by atoms with Gasteiger partial charge in [0, 0.05) is 0 Å². The van der Waals surface area contributed by atoms with Crippen molar-refractivity contribution >= 4 is 5.91 Å². The van der Waals surface area contributed by atoms with Gasteiger partial charge < -0.3 is 10.4 Å². The van der Waals surface area contributed by atoms with Gasteiger partial charge in [0.15, 0.2) is 0 Å². The molecule has 0 aliphatic heterocycles. The van der Waals surface area contributed by atoms with Crippen molar-refractivity contribution in [3.63, 3.8) is 0 Å². The molecule has 2 aromatic carbocycles. The van der Waals surface area contributed by atoms with Gasteiger partial charge in [-0.3, -0.25) is 4.79 Å². The molecule has 3 nitrogen and oxygen atoms in total. The summed E-state index contributed by atoms with van der Waals surface area (Å²) in [6.45, 7) is 1.60. The van der Waals surface area contributed by atoms with E-state index in [9.17, 15) is 14.3 Å². The maximum absolute atomic E-state index is 13.7. The Bertz CT molecular complexity index is 613. The summed E-state index contributed by atoms with van der Waals surface area (Å²) in [6, 6.07) is 13.5. The quantitative estimate of drug-likeness (QED) is 0.887. The lowest BCUT2D eigenvalue weighted by molar-refractivity contribution is 0.0912. The molecule has 0 saturated heterocycles. The zero-order valence-corrected chi connectivity index (χ0v) is 11.8. The van der Waals surface area contributed by atoms with Crippen LogP contribution in [-0.2, 0) is 6.42 Å². The lowest BCUT2D eigenvalue weighted by Crippen LogP contribution is -2.39. The van der Waals surface area contributed by atoms with Gasteiger partial charge in [0.05, 0.1) is 18.2 Å². The summed E-state index contributed by atoms with van der Waals surface area (Å²) in [7, 11) is 0. The molecule has 0 aliphatic carbocycles. The highest BCUT2D eigenvalue weighted by Crippen LogP contribution is 2.11. The molecule has 0 heterocycles. The Balaban J connectivity index is 2.07. The third kappa shape index (κ3) is 4.13. The fourth-order valence-electron chi connectivity index (χ4n) is 2.14. The van der Waals surface area contributed by atoms with Crippen LogP contribution in [0, 0.1) is 12.7 Å². The number of carbonyl (C=O) groups is 1. The Morgan fingerprint density at radius 2 is 1.95 bits per heavy atom. The second-order valence-corrected chi connectivity index (χ2v) is 5.03. The van der Waals surface area contributed by atoms with E-state index in [2.05, 4.69) is 5.32 Å². The van der Waals surface area contributed by atoms with Crippen molar-refractivity contribution in [1.82, 2.24) is 5.32 Å². The number of hydrogen-bond donors (Lipinski definition) is 2. The first-order valence-electron chi connectivity index (χ1n) is 6.82. The van der Waals surface area contributed by atoms with E-state index in [4.69, 9.17) is 0 Å². The van der Waals surface area contributed by atoms with Gasteiger partial charge in [0.25, 0.3) is 5.91 Å². The number of halogens is 1. The third-order valence-electron chi connectivity index (χ3n) is 3.25. The minimum Gasteiger partial charge on any atom is -0.394 e. The van der Waals surface area contributed by atoms with Gasteiger partial charge in [-0.05, 0) is 31.0 Å². The van der Waals surface area contributed by atoms with E-state index in [1.54, 1.807) is 13.0 Å². The summed E-state index contributed by atoms with van der Waals surface area (Å²) < 4.78 is 13.7. The lowest BCUT2D eigenvalue weighted by Gasteiger charge is -2.17. The van der Waals surface area contributed by atoms with E-state index in [0.29, 0.717) is 6.42 Å². The number of rotatable bonds is 5. The van der Waals surface area contributed by atoms with Gasteiger partial charge in [-0.25, -0.2) is 4.39 Å². The van der Waals surface area contributed by atoms with Gasteiger partial charge >= 0.3 is 0 Å². The first kappa shape index (κ1) is 15.2. The van der Waals surface area contributed by atoms with E-state index in [0.717, 1.165) is 11.1 Å². The smallest absolute Gasteiger partial charge is 0.254 e. The molecular weight excluding hydrogens is 269 g/mol. The predicted octanol–water partition coefficient (Wildman–Crippen LogP) is 2.47. The molecule has 110 valence electrons. The van der Waals surface area contributed by atoms with E-state index in [1.807, 2.05) is 30.3 Å². The molecule has 1 atom stereocenters. The summed E-state index contributed by atoms with van der Waals surface area (Å²) in [4.78, 5) is 12.1. The van der Waals surface area contributed by atoms with Crippen LogP contribution in [0.2, 0.25) is 0 Å². The Labute approximate surface area is 123 Å². The monoisotopic (exact) mass is 287 g/mol. The second-order valence-electron chi connectivity index (χ2n) is 5.03. The molecule has 0 bridgehead atoms. The molecule has 0 spiro atoms. The highest BCUT2D eigenvalue weighted by atomic mass is 19.1. The Morgan fingerprint density at radius 3 is 2.62 bits per heavy atom. The van der Waals surface area contributed by atoms with Crippen LogP contribution in [0.3, 0.4) is 0 Å². The Morgan fingerprint density at radius 1 is 1.24 bits per heavy atom. The summed E-state index contributed by atoms with van der Waals surface area (Å²) in [5.74, 6) is -1.07. The van der Waals surface area contributed by atoms with Gasteiger partial charge in [-0.1, -0.05) is 42.0 Å². The minimum atomic E-state index is -0.561. The van der Waals surface area contributed by atoms with E-state index >= 15 is 0 Å². The topological polar surface area (TPSA) is 49.3 Å². The number of benzene rings is 2. The van der Waals surface area contributed by atoms with Crippen LogP contribution in [0.5, 0.6) is 0 Å². The largest absolute Gasteiger partial charge is 0.394 e. The van der Waals surface area contributed by atoms with Crippen LogP contribution < -0.4 is 5.32 Å². The van der Waals surface area contributed by atoms with Crippen molar-refractivity contribution in [3.8, 4) is 0 Å². The molecule has 0 radical (unpaired) electrons. The van der Waals surface area contributed by atoms with Crippen molar-refractivity contribution in [2.45, 2.75) is 19.4 Å². The molecule has 0 aromatic heterocycles. The summed E-state index contributed by atoms with van der Waals surface area (Å²) in [5.41, 5.74) is 1.81. The Hall–Kier alpha value is -2.20. The molecule has 2 aromatic rings. The van der Waals surface area contributed by atoms with Crippen LogP contribution in [0.25, 0.3) is 0 Å². The number of aliphatic hydroxyl groups is 1. The molecule has 0 fully saturated rings. The highest BCUT2D eigenvalue weighted by molar-refractivity contribution is 5.94. The SMILES string of the molecule is Cc1ccc(F)c(C(=O)N[C@@H](CO)Cc2ccccc2)c1. The van der Waals surface area contributed by atoms with Crippen LogP contribution in [-0.4, -0.2) is 23.7 Å².